The Kier molecular flexibility index (Phi) is 5.83. The van der Waals surface area contributed by atoms with Crippen LogP contribution in [-0.2, 0) is 18.4 Å². The van der Waals surface area contributed by atoms with Crippen molar-refractivity contribution >= 4 is 17.5 Å². The lowest BCUT2D eigenvalue weighted by atomic mass is 9.83. The summed E-state index contributed by atoms with van der Waals surface area (Å²) in [4.78, 5) is 32.1. The van der Waals surface area contributed by atoms with Crippen LogP contribution in [-0.4, -0.2) is 33.1 Å². The van der Waals surface area contributed by atoms with E-state index >= 15 is 0 Å². The van der Waals surface area contributed by atoms with Crippen molar-refractivity contribution in [1.82, 2.24) is 20.1 Å². The van der Waals surface area contributed by atoms with Gasteiger partial charge in [-0.05, 0) is 80.5 Å². The first-order valence-corrected chi connectivity index (χ1v) is 12.0. The van der Waals surface area contributed by atoms with Crippen molar-refractivity contribution in [3.8, 4) is 17.2 Å². The third kappa shape index (κ3) is 4.13. The smallest absolute Gasteiger partial charge is 0.270 e. The highest BCUT2D eigenvalue weighted by atomic mass is 19.1. The molecular weight excluding hydrogens is 459 g/mol. The van der Waals surface area contributed by atoms with Crippen LogP contribution in [0.15, 0.2) is 36.5 Å². The quantitative estimate of drug-likeness (QED) is 0.570. The maximum atomic E-state index is 14.4. The van der Waals surface area contributed by atoms with Gasteiger partial charge >= 0.3 is 0 Å². The van der Waals surface area contributed by atoms with E-state index in [1.165, 1.54) is 12.1 Å². The van der Waals surface area contributed by atoms with Gasteiger partial charge in [0.05, 0.1) is 12.3 Å². The Balaban J connectivity index is 1.34. The van der Waals surface area contributed by atoms with Gasteiger partial charge in [-0.25, -0.2) is 9.37 Å². The molecule has 3 heterocycles. The van der Waals surface area contributed by atoms with E-state index in [4.69, 9.17) is 0 Å². The summed E-state index contributed by atoms with van der Waals surface area (Å²) in [7, 11) is 1.82. The zero-order chi connectivity index (χ0) is 25.6. The number of nitriles is 1. The van der Waals surface area contributed by atoms with Crippen LogP contribution < -0.4 is 10.2 Å². The van der Waals surface area contributed by atoms with Crippen molar-refractivity contribution in [1.29, 1.82) is 5.26 Å². The summed E-state index contributed by atoms with van der Waals surface area (Å²) in [5.41, 5.74) is 3.38. The average Bonchev–Trinajstić information content (AvgIpc) is 3.57. The average molecular weight is 487 g/mol. The molecule has 1 N–H and O–H groups in total. The summed E-state index contributed by atoms with van der Waals surface area (Å²) in [5.74, 6) is -0.899. The van der Waals surface area contributed by atoms with Gasteiger partial charge in [-0.2, -0.15) is 10.4 Å². The third-order valence-corrected chi connectivity index (χ3v) is 7.27. The highest BCUT2D eigenvalue weighted by Crippen LogP contribution is 2.51. The molecule has 2 amide bonds. The lowest BCUT2D eigenvalue weighted by Crippen LogP contribution is -2.35. The number of nitrogens with zero attached hydrogens (tertiary/aromatic N) is 5. The Morgan fingerprint density at radius 3 is 2.69 bits per heavy atom. The van der Waals surface area contributed by atoms with Crippen LogP contribution >= 0.6 is 0 Å². The minimum absolute atomic E-state index is 0.107. The summed E-state index contributed by atoms with van der Waals surface area (Å²) < 4.78 is 16.1. The van der Waals surface area contributed by atoms with Crippen LogP contribution in [0, 0.1) is 42.3 Å². The first-order valence-electron chi connectivity index (χ1n) is 12.0. The lowest BCUT2D eigenvalue weighted by molar-refractivity contribution is -0.123. The van der Waals surface area contributed by atoms with Crippen molar-refractivity contribution in [2.75, 3.05) is 11.4 Å². The molecule has 2 fully saturated rings. The molecule has 0 radical (unpaired) electrons. The van der Waals surface area contributed by atoms with Crippen LogP contribution in [0.25, 0.3) is 11.1 Å². The van der Waals surface area contributed by atoms with E-state index in [0.717, 1.165) is 24.1 Å². The summed E-state index contributed by atoms with van der Waals surface area (Å²) >= 11 is 0. The number of amides is 2. The molecular formula is C27H27FN6O2. The molecule has 2 aliphatic rings. The Bertz CT molecular complexity index is 1420. The maximum Gasteiger partial charge on any atom is 0.270 e. The number of anilines is 1. The van der Waals surface area contributed by atoms with E-state index in [1.54, 1.807) is 34.8 Å². The van der Waals surface area contributed by atoms with Gasteiger partial charge < -0.3 is 10.2 Å². The number of nitrogens with one attached hydrogen (secondary N) is 1. The predicted molar refractivity (Wildman–Crippen MR) is 131 cm³/mol. The Morgan fingerprint density at radius 2 is 2.03 bits per heavy atom. The van der Waals surface area contributed by atoms with Crippen LogP contribution in [0.1, 0.15) is 46.7 Å². The molecule has 36 heavy (non-hydrogen) atoms. The number of rotatable bonds is 6. The standard InChI is InChI=1S/C27H27FN6O2/c1-16-8-22(34-7-6-27(15-29,26(34)36)20-4-5-20)12-24(32-16)25(35)30-13-18-9-19(11-21(28)10-18)23-14-31-33(3)17(23)2/h8-12,14,20H,4-7,13H2,1-3H3,(H,30,35)/t27-/m1/s1. The van der Waals surface area contributed by atoms with E-state index in [2.05, 4.69) is 21.5 Å². The number of pyridine rings is 1. The topological polar surface area (TPSA) is 104 Å². The van der Waals surface area contributed by atoms with Gasteiger partial charge in [0.1, 0.15) is 16.9 Å². The van der Waals surface area contributed by atoms with Crippen molar-refractivity contribution in [2.24, 2.45) is 18.4 Å². The maximum absolute atomic E-state index is 14.4. The largest absolute Gasteiger partial charge is 0.347 e. The molecule has 1 aromatic carbocycles. The van der Waals surface area contributed by atoms with E-state index in [9.17, 15) is 19.2 Å². The molecule has 1 saturated carbocycles. The molecule has 3 aromatic rings. The summed E-state index contributed by atoms with van der Waals surface area (Å²) in [6.45, 7) is 4.21. The Labute approximate surface area is 208 Å². The first-order chi connectivity index (χ1) is 17.2. The molecule has 2 aromatic heterocycles. The number of halogens is 1. The molecule has 1 aliphatic carbocycles. The zero-order valence-corrected chi connectivity index (χ0v) is 20.5. The van der Waals surface area contributed by atoms with E-state index < -0.39 is 17.1 Å². The molecule has 5 rings (SSSR count). The monoisotopic (exact) mass is 486 g/mol. The Hall–Kier alpha value is -4.06. The minimum Gasteiger partial charge on any atom is -0.347 e. The third-order valence-electron chi connectivity index (χ3n) is 7.27. The predicted octanol–water partition coefficient (Wildman–Crippen LogP) is 3.82. The SMILES string of the molecule is Cc1cc(N2CC[C@@](C#N)(C3CC3)C2=O)cc(C(=O)NCc2cc(F)cc(-c3cnn(C)c3C)c2)n1. The molecule has 0 bridgehead atoms. The number of carbonyl (C=O) groups excluding carboxylic acids is 2. The zero-order valence-electron chi connectivity index (χ0n) is 20.5. The molecule has 9 heteroatoms. The first kappa shape index (κ1) is 23.7. The van der Waals surface area contributed by atoms with Gasteiger partial charge in [-0.1, -0.05) is 0 Å². The van der Waals surface area contributed by atoms with Crippen LogP contribution in [0.3, 0.4) is 0 Å². The fourth-order valence-corrected chi connectivity index (χ4v) is 5.02. The van der Waals surface area contributed by atoms with E-state index in [0.29, 0.717) is 35.5 Å². The van der Waals surface area contributed by atoms with Gasteiger partial charge in [0.25, 0.3) is 5.91 Å². The molecule has 184 valence electrons. The molecule has 0 spiro atoms. The summed E-state index contributed by atoms with van der Waals surface area (Å²) in [6.07, 6.45) is 3.99. The second kappa shape index (κ2) is 8.86. The number of benzene rings is 1. The van der Waals surface area contributed by atoms with Crippen LogP contribution in [0.2, 0.25) is 0 Å². The Morgan fingerprint density at radius 1 is 1.25 bits per heavy atom. The lowest BCUT2D eigenvalue weighted by Gasteiger charge is -2.21. The highest BCUT2D eigenvalue weighted by Gasteiger charge is 2.56. The van der Waals surface area contributed by atoms with Gasteiger partial charge in [-0.3, -0.25) is 14.3 Å². The highest BCUT2D eigenvalue weighted by molar-refractivity contribution is 6.03. The normalized spacial score (nSPS) is 19.4. The van der Waals surface area contributed by atoms with Crippen molar-refractivity contribution in [2.45, 2.75) is 39.7 Å². The number of aromatic nitrogens is 3. The number of carbonyl (C=O) groups is 2. The van der Waals surface area contributed by atoms with Gasteiger partial charge in [0.15, 0.2) is 0 Å². The second-order valence-electron chi connectivity index (χ2n) is 9.71. The minimum atomic E-state index is -0.957. The number of hydrogen-bond acceptors (Lipinski definition) is 5. The van der Waals surface area contributed by atoms with E-state index in [-0.39, 0.29) is 24.1 Å². The van der Waals surface area contributed by atoms with Crippen LogP contribution in [0.4, 0.5) is 10.1 Å². The van der Waals surface area contributed by atoms with Crippen molar-refractivity contribution in [3.05, 3.63) is 65.0 Å². The number of aryl methyl sites for hydroxylation is 2. The van der Waals surface area contributed by atoms with Gasteiger partial charge in [0, 0.05) is 42.8 Å². The van der Waals surface area contributed by atoms with Gasteiger partial charge in [-0.15, -0.1) is 0 Å². The van der Waals surface area contributed by atoms with Crippen molar-refractivity contribution in [3.63, 3.8) is 0 Å². The molecule has 1 saturated heterocycles. The summed E-state index contributed by atoms with van der Waals surface area (Å²) in [5, 5.41) is 16.8. The van der Waals surface area contributed by atoms with E-state index in [1.807, 2.05) is 20.0 Å². The number of hydrogen-bond donors (Lipinski definition) is 1. The molecule has 8 nitrogen and oxygen atoms in total. The molecule has 0 unspecified atom stereocenters. The second-order valence-corrected chi connectivity index (χ2v) is 9.71. The fourth-order valence-electron chi connectivity index (χ4n) is 5.02. The van der Waals surface area contributed by atoms with Gasteiger partial charge in [0.2, 0.25) is 5.91 Å². The molecule has 1 atom stereocenters. The molecule has 1 aliphatic heterocycles. The summed E-state index contributed by atoms with van der Waals surface area (Å²) in [6, 6.07) is 10.3. The van der Waals surface area contributed by atoms with Crippen molar-refractivity contribution < 1.29 is 14.0 Å². The van der Waals surface area contributed by atoms with Crippen LogP contribution in [0.5, 0.6) is 0 Å². The fraction of sp³-hybridized carbons (Fsp3) is 0.370.